The molecular formula is C28H27FN8O4S. The van der Waals surface area contributed by atoms with E-state index in [1.54, 1.807) is 41.0 Å². The monoisotopic (exact) mass is 590 g/mol. The Morgan fingerprint density at radius 2 is 1.98 bits per heavy atom. The molecule has 14 heteroatoms. The smallest absolute Gasteiger partial charge is 0.407 e. The molecule has 1 fully saturated rings. The number of carboxylic acid groups (broad SMARTS) is 1. The molecule has 4 aromatic rings. The molecule has 7 rings (SSSR count). The number of likely N-dealkylation sites (tertiary alicyclic amines) is 1. The SMILES string of the molecule is O=C(Nc1nccs1)C(c1ncn2c1CCC2)N1Cc2c(F)cc(-c3cnn(C4CCN(C(=O)O)CC4)c3)cc2C1=O. The first-order valence-corrected chi connectivity index (χ1v) is 14.7. The highest BCUT2D eigenvalue weighted by molar-refractivity contribution is 7.13. The number of carbonyl (C=O) groups excluding carboxylic acids is 2. The number of nitrogens with one attached hydrogen (secondary N) is 1. The number of carbonyl (C=O) groups is 3. The minimum atomic E-state index is -1.05. The van der Waals surface area contributed by atoms with Crippen LogP contribution >= 0.6 is 11.3 Å². The normalized spacial score (nSPS) is 17.4. The standard InChI is InChI=1S/C28H27FN8O4S/c29-21-11-16(17-12-32-37(13-17)18-3-7-34(8-4-18)28(40)41)10-19-20(21)14-36(26(19)39)24(25(38)33-27-30-5-9-42-27)23-22-2-1-6-35(22)15-31-23/h5,9-13,15,18,24H,1-4,6-8,14H2,(H,40,41)(H,30,33,38). The van der Waals surface area contributed by atoms with Gasteiger partial charge in [0.1, 0.15) is 5.82 Å². The lowest BCUT2D eigenvalue weighted by molar-refractivity contribution is -0.121. The third-order valence-corrected chi connectivity index (χ3v) is 9.02. The van der Waals surface area contributed by atoms with Crippen LogP contribution in [0.15, 0.2) is 42.4 Å². The van der Waals surface area contributed by atoms with Crippen molar-refractivity contribution in [1.29, 1.82) is 0 Å². The fraction of sp³-hybridized carbons (Fsp3) is 0.357. The van der Waals surface area contributed by atoms with Gasteiger partial charge in [0.15, 0.2) is 11.2 Å². The summed E-state index contributed by atoms with van der Waals surface area (Å²) in [5, 5.41) is 18.6. The van der Waals surface area contributed by atoms with E-state index < -0.39 is 29.8 Å². The first-order valence-electron chi connectivity index (χ1n) is 13.8. The van der Waals surface area contributed by atoms with Crippen molar-refractivity contribution in [2.75, 3.05) is 18.4 Å². The van der Waals surface area contributed by atoms with Gasteiger partial charge in [0.05, 0.1) is 30.8 Å². The van der Waals surface area contributed by atoms with Gasteiger partial charge in [-0.2, -0.15) is 5.10 Å². The van der Waals surface area contributed by atoms with Crippen molar-refractivity contribution in [1.82, 2.24) is 34.1 Å². The van der Waals surface area contributed by atoms with Crippen molar-refractivity contribution in [3.8, 4) is 11.1 Å². The van der Waals surface area contributed by atoms with Gasteiger partial charge in [-0.25, -0.2) is 19.2 Å². The van der Waals surface area contributed by atoms with Crippen LogP contribution in [0.4, 0.5) is 14.3 Å². The molecule has 0 bridgehead atoms. The molecule has 0 spiro atoms. The van der Waals surface area contributed by atoms with E-state index in [1.165, 1.54) is 27.2 Å². The molecule has 3 aliphatic heterocycles. The number of anilines is 1. The van der Waals surface area contributed by atoms with Crippen LogP contribution < -0.4 is 5.32 Å². The molecule has 216 valence electrons. The average Bonchev–Trinajstić information content (AvgIpc) is 3.81. The largest absolute Gasteiger partial charge is 0.465 e. The molecule has 0 saturated carbocycles. The van der Waals surface area contributed by atoms with Crippen LogP contribution in [-0.4, -0.2) is 70.2 Å². The maximum absolute atomic E-state index is 15.6. The Morgan fingerprint density at radius 1 is 1.14 bits per heavy atom. The Labute approximate surface area is 243 Å². The first-order chi connectivity index (χ1) is 20.4. The van der Waals surface area contributed by atoms with Crippen molar-refractivity contribution < 1.29 is 23.9 Å². The lowest BCUT2D eigenvalue weighted by Gasteiger charge is -2.30. The highest BCUT2D eigenvalue weighted by Crippen LogP contribution is 2.38. The number of benzene rings is 1. The summed E-state index contributed by atoms with van der Waals surface area (Å²) >= 11 is 1.27. The Morgan fingerprint density at radius 3 is 2.74 bits per heavy atom. The number of thiazole rings is 1. The van der Waals surface area contributed by atoms with E-state index in [1.807, 2.05) is 4.57 Å². The highest BCUT2D eigenvalue weighted by atomic mass is 32.1. The molecule has 1 saturated heterocycles. The van der Waals surface area contributed by atoms with Crippen LogP contribution in [0.25, 0.3) is 11.1 Å². The van der Waals surface area contributed by atoms with Gasteiger partial charge in [0.25, 0.3) is 11.8 Å². The zero-order valence-electron chi connectivity index (χ0n) is 22.4. The van der Waals surface area contributed by atoms with E-state index in [-0.39, 0.29) is 23.7 Å². The summed E-state index contributed by atoms with van der Waals surface area (Å²) in [6.07, 6.45) is 8.69. The number of halogens is 1. The van der Waals surface area contributed by atoms with E-state index in [9.17, 15) is 19.5 Å². The van der Waals surface area contributed by atoms with E-state index in [4.69, 9.17) is 0 Å². The molecule has 3 amide bonds. The second-order valence-electron chi connectivity index (χ2n) is 10.7. The molecule has 3 aromatic heterocycles. The van der Waals surface area contributed by atoms with Crippen LogP contribution in [0.2, 0.25) is 0 Å². The third-order valence-electron chi connectivity index (χ3n) is 8.33. The number of aromatic nitrogens is 5. The van der Waals surface area contributed by atoms with Gasteiger partial charge in [-0.05, 0) is 43.4 Å². The quantitative estimate of drug-likeness (QED) is 0.347. The summed E-state index contributed by atoms with van der Waals surface area (Å²) < 4.78 is 19.4. The minimum absolute atomic E-state index is 0.0273. The van der Waals surface area contributed by atoms with Crippen LogP contribution in [0, 0.1) is 5.82 Å². The van der Waals surface area contributed by atoms with Crippen LogP contribution in [0.1, 0.15) is 58.7 Å². The van der Waals surface area contributed by atoms with Gasteiger partial charge in [0.2, 0.25) is 0 Å². The third kappa shape index (κ3) is 4.51. The van der Waals surface area contributed by atoms with Crippen LogP contribution in [0.3, 0.4) is 0 Å². The fourth-order valence-corrected chi connectivity index (χ4v) is 6.71. The second kappa shape index (κ2) is 10.4. The van der Waals surface area contributed by atoms with Crippen molar-refractivity contribution in [2.24, 2.45) is 0 Å². The molecule has 1 atom stereocenters. The van der Waals surface area contributed by atoms with Crippen LogP contribution in [-0.2, 0) is 24.3 Å². The van der Waals surface area contributed by atoms with Gasteiger partial charge in [-0.3, -0.25) is 19.6 Å². The minimum Gasteiger partial charge on any atom is -0.465 e. The Hall–Kier alpha value is -4.59. The van der Waals surface area contributed by atoms with Gasteiger partial charge < -0.3 is 19.5 Å². The first kappa shape index (κ1) is 26.3. The van der Waals surface area contributed by atoms with Crippen LogP contribution in [0.5, 0.6) is 0 Å². The lowest BCUT2D eigenvalue weighted by Crippen LogP contribution is -2.38. The molecule has 3 aliphatic rings. The number of fused-ring (bicyclic) bond motifs is 2. The molecule has 1 unspecified atom stereocenters. The summed E-state index contributed by atoms with van der Waals surface area (Å²) in [6, 6.07) is 2.02. The lowest BCUT2D eigenvalue weighted by atomic mass is 10.0. The maximum atomic E-state index is 15.6. The molecular weight excluding hydrogens is 563 g/mol. The number of amides is 3. The van der Waals surface area contributed by atoms with Crippen molar-refractivity contribution in [3.05, 3.63) is 70.8 Å². The second-order valence-corrected chi connectivity index (χ2v) is 11.6. The Balaban J connectivity index is 1.17. The zero-order valence-corrected chi connectivity index (χ0v) is 23.3. The number of nitrogens with zero attached hydrogens (tertiary/aromatic N) is 7. The Kier molecular flexibility index (Phi) is 6.49. The molecule has 42 heavy (non-hydrogen) atoms. The number of aryl methyl sites for hydroxylation is 1. The number of rotatable bonds is 6. The van der Waals surface area contributed by atoms with Gasteiger partial charge in [0, 0.05) is 59.8 Å². The summed E-state index contributed by atoms with van der Waals surface area (Å²) in [6.45, 7) is 1.57. The molecule has 6 heterocycles. The van der Waals surface area contributed by atoms with Crippen molar-refractivity contribution in [3.63, 3.8) is 0 Å². The van der Waals surface area contributed by atoms with Crippen molar-refractivity contribution in [2.45, 2.75) is 50.9 Å². The molecule has 1 aromatic carbocycles. The maximum Gasteiger partial charge on any atom is 0.407 e. The average molecular weight is 591 g/mol. The van der Waals surface area contributed by atoms with E-state index >= 15 is 4.39 Å². The predicted molar refractivity (Wildman–Crippen MR) is 149 cm³/mol. The van der Waals surface area contributed by atoms with Gasteiger partial charge in [-0.1, -0.05) is 0 Å². The van der Waals surface area contributed by atoms with Gasteiger partial charge >= 0.3 is 6.09 Å². The van der Waals surface area contributed by atoms with E-state index in [0.29, 0.717) is 47.9 Å². The summed E-state index contributed by atoms with van der Waals surface area (Å²) in [4.78, 5) is 50.2. The predicted octanol–water partition coefficient (Wildman–Crippen LogP) is 3.94. The summed E-state index contributed by atoms with van der Waals surface area (Å²) in [5.74, 6) is -1.43. The number of piperidine rings is 1. The Bertz CT molecular complexity index is 1690. The molecule has 2 N–H and O–H groups in total. The number of hydrogen-bond donors (Lipinski definition) is 2. The molecule has 0 radical (unpaired) electrons. The molecule has 0 aliphatic carbocycles. The molecule has 12 nitrogen and oxygen atoms in total. The number of imidazole rings is 1. The van der Waals surface area contributed by atoms with Crippen molar-refractivity contribution >= 4 is 34.4 Å². The zero-order chi connectivity index (χ0) is 29.0. The van der Waals surface area contributed by atoms with E-state index in [0.717, 1.165) is 25.1 Å². The fourth-order valence-electron chi connectivity index (χ4n) is 6.17. The number of hydrogen-bond acceptors (Lipinski definition) is 7. The topological polar surface area (TPSA) is 138 Å². The van der Waals surface area contributed by atoms with E-state index in [2.05, 4.69) is 20.4 Å². The van der Waals surface area contributed by atoms with Gasteiger partial charge in [-0.15, -0.1) is 11.3 Å². The highest BCUT2D eigenvalue weighted by Gasteiger charge is 2.42. The summed E-state index contributed by atoms with van der Waals surface area (Å²) in [5.41, 5.74) is 2.99. The summed E-state index contributed by atoms with van der Waals surface area (Å²) in [7, 11) is 0.